The van der Waals surface area contributed by atoms with Crippen molar-refractivity contribution in [2.24, 2.45) is 0 Å². The summed E-state index contributed by atoms with van der Waals surface area (Å²) in [5, 5.41) is 3.86. The van der Waals surface area contributed by atoms with Gasteiger partial charge < -0.3 is 10.1 Å². The average Bonchev–Trinajstić information content (AvgIpc) is 2.37. The lowest BCUT2D eigenvalue weighted by atomic mass is 10.3. The molecule has 5 heteroatoms. The molecule has 0 aliphatic rings. The number of unbranched alkanes of at least 4 members (excludes halogenated alkanes) is 1. The Kier molecular flexibility index (Phi) is 7.10. The molecule has 0 saturated carbocycles. The number of hydrogen-bond acceptors (Lipinski definition) is 4. The molecule has 108 valence electrons. The van der Waals surface area contributed by atoms with E-state index in [1.165, 1.54) is 0 Å². The van der Waals surface area contributed by atoms with Crippen molar-refractivity contribution in [2.45, 2.75) is 53.1 Å². The second-order valence-electron chi connectivity index (χ2n) is 4.81. The Morgan fingerprint density at radius 2 is 2.00 bits per heavy atom. The second-order valence-corrected chi connectivity index (χ2v) is 5.17. The summed E-state index contributed by atoms with van der Waals surface area (Å²) in [6, 6.07) is 0. The zero-order valence-corrected chi connectivity index (χ0v) is 13.0. The highest BCUT2D eigenvalue weighted by atomic mass is 35.5. The fraction of sp³-hybridized carbons (Fsp3) is 0.714. The first-order valence-corrected chi connectivity index (χ1v) is 7.30. The van der Waals surface area contributed by atoms with Crippen molar-refractivity contribution >= 4 is 17.4 Å². The van der Waals surface area contributed by atoms with Crippen LogP contribution >= 0.6 is 11.6 Å². The Bertz CT molecular complexity index is 397. The highest BCUT2D eigenvalue weighted by molar-refractivity contribution is 6.30. The number of hydrogen-bond donors (Lipinski definition) is 1. The second kappa shape index (κ2) is 8.33. The van der Waals surface area contributed by atoms with Crippen LogP contribution in [0.15, 0.2) is 0 Å². The highest BCUT2D eigenvalue weighted by Crippen LogP contribution is 2.19. The van der Waals surface area contributed by atoms with Gasteiger partial charge >= 0.3 is 0 Å². The van der Waals surface area contributed by atoms with E-state index in [9.17, 15) is 0 Å². The number of halogens is 1. The van der Waals surface area contributed by atoms with Crippen molar-refractivity contribution in [3.05, 3.63) is 16.5 Å². The van der Waals surface area contributed by atoms with Gasteiger partial charge in [0.1, 0.15) is 16.8 Å². The van der Waals surface area contributed by atoms with Crippen LogP contribution in [0, 0.1) is 6.92 Å². The zero-order chi connectivity index (χ0) is 14.3. The van der Waals surface area contributed by atoms with Crippen LogP contribution in [0.1, 0.15) is 45.0 Å². The van der Waals surface area contributed by atoms with Gasteiger partial charge in [-0.2, -0.15) is 0 Å². The summed E-state index contributed by atoms with van der Waals surface area (Å²) in [7, 11) is 0. The van der Waals surface area contributed by atoms with Crippen LogP contribution in [0.4, 0.5) is 5.82 Å². The van der Waals surface area contributed by atoms with Gasteiger partial charge in [0.2, 0.25) is 0 Å². The van der Waals surface area contributed by atoms with E-state index in [4.69, 9.17) is 16.3 Å². The van der Waals surface area contributed by atoms with E-state index in [1.54, 1.807) is 0 Å². The zero-order valence-electron chi connectivity index (χ0n) is 12.3. The summed E-state index contributed by atoms with van der Waals surface area (Å²) >= 11 is 6.08. The van der Waals surface area contributed by atoms with Crippen LogP contribution in [0.3, 0.4) is 0 Å². The van der Waals surface area contributed by atoms with Gasteiger partial charge in [0.25, 0.3) is 0 Å². The minimum atomic E-state index is 0.308. The molecule has 0 saturated heterocycles. The largest absolute Gasteiger partial charge is 0.379 e. The molecule has 1 aromatic heterocycles. The Balaban J connectivity index is 2.38. The Morgan fingerprint density at radius 3 is 2.63 bits per heavy atom. The van der Waals surface area contributed by atoms with Crippen LogP contribution < -0.4 is 5.32 Å². The summed E-state index contributed by atoms with van der Waals surface area (Å²) in [5.41, 5.74) is 0.914. The third-order valence-electron chi connectivity index (χ3n) is 2.76. The SMILES string of the molecule is CCc1nc(Cl)c(C)c(NCCCCOC(C)C)n1. The molecule has 0 aliphatic heterocycles. The van der Waals surface area contributed by atoms with Gasteiger partial charge in [-0.05, 0) is 33.6 Å². The molecule has 0 aliphatic carbocycles. The lowest BCUT2D eigenvalue weighted by Crippen LogP contribution is -2.10. The molecule has 0 spiro atoms. The van der Waals surface area contributed by atoms with Gasteiger partial charge in [0, 0.05) is 25.1 Å². The predicted octanol–water partition coefficient (Wildman–Crippen LogP) is 3.62. The number of rotatable bonds is 8. The first-order valence-electron chi connectivity index (χ1n) is 6.93. The molecule has 1 aromatic rings. The summed E-state index contributed by atoms with van der Waals surface area (Å²) < 4.78 is 5.50. The van der Waals surface area contributed by atoms with Crippen molar-refractivity contribution < 1.29 is 4.74 Å². The minimum Gasteiger partial charge on any atom is -0.379 e. The molecule has 0 radical (unpaired) electrons. The van der Waals surface area contributed by atoms with Crippen molar-refractivity contribution in [3.8, 4) is 0 Å². The molecular weight excluding hydrogens is 262 g/mol. The molecule has 0 fully saturated rings. The molecular formula is C14H24ClN3O. The normalized spacial score (nSPS) is 11.1. The number of aromatic nitrogens is 2. The molecule has 0 unspecified atom stereocenters. The maximum absolute atomic E-state index is 6.08. The lowest BCUT2D eigenvalue weighted by Gasteiger charge is -2.11. The maximum Gasteiger partial charge on any atom is 0.137 e. The van der Waals surface area contributed by atoms with E-state index in [1.807, 2.05) is 13.8 Å². The van der Waals surface area contributed by atoms with E-state index in [0.717, 1.165) is 49.6 Å². The highest BCUT2D eigenvalue weighted by Gasteiger charge is 2.07. The quantitative estimate of drug-likeness (QED) is 0.585. The molecule has 1 N–H and O–H groups in total. The molecule has 0 atom stereocenters. The van der Waals surface area contributed by atoms with Crippen molar-refractivity contribution in [3.63, 3.8) is 0 Å². The number of nitrogens with one attached hydrogen (secondary N) is 1. The molecule has 0 bridgehead atoms. The molecule has 1 rings (SSSR count). The molecule has 1 heterocycles. The molecule has 0 amide bonds. The van der Waals surface area contributed by atoms with E-state index >= 15 is 0 Å². The number of anilines is 1. The summed E-state index contributed by atoms with van der Waals surface area (Å²) in [6.45, 7) is 9.75. The Labute approximate surface area is 120 Å². The van der Waals surface area contributed by atoms with Crippen LogP contribution in [0.25, 0.3) is 0 Å². The van der Waals surface area contributed by atoms with Crippen LogP contribution in [0.5, 0.6) is 0 Å². The van der Waals surface area contributed by atoms with E-state index in [2.05, 4.69) is 29.1 Å². The standard InChI is InChI=1S/C14H24ClN3O/c1-5-12-17-13(15)11(4)14(18-12)16-8-6-7-9-19-10(2)3/h10H,5-9H2,1-4H3,(H,16,17,18). The number of ether oxygens (including phenoxy) is 1. The Morgan fingerprint density at radius 1 is 1.26 bits per heavy atom. The fourth-order valence-corrected chi connectivity index (χ4v) is 1.80. The molecule has 19 heavy (non-hydrogen) atoms. The van der Waals surface area contributed by atoms with Crippen molar-refractivity contribution in [1.82, 2.24) is 9.97 Å². The summed E-state index contributed by atoms with van der Waals surface area (Å²) in [6.07, 6.45) is 3.19. The summed E-state index contributed by atoms with van der Waals surface area (Å²) in [4.78, 5) is 8.68. The van der Waals surface area contributed by atoms with Crippen LogP contribution in [-0.4, -0.2) is 29.2 Å². The lowest BCUT2D eigenvalue weighted by molar-refractivity contribution is 0.0765. The van der Waals surface area contributed by atoms with Crippen molar-refractivity contribution in [1.29, 1.82) is 0 Å². The van der Waals surface area contributed by atoms with Gasteiger partial charge in [0.15, 0.2) is 0 Å². The van der Waals surface area contributed by atoms with E-state index in [0.29, 0.717) is 11.3 Å². The monoisotopic (exact) mass is 285 g/mol. The van der Waals surface area contributed by atoms with Crippen molar-refractivity contribution in [2.75, 3.05) is 18.5 Å². The van der Waals surface area contributed by atoms with E-state index < -0.39 is 0 Å². The van der Waals surface area contributed by atoms with Gasteiger partial charge in [0.05, 0.1) is 6.10 Å². The third-order valence-corrected chi connectivity index (χ3v) is 3.13. The fourth-order valence-electron chi connectivity index (χ4n) is 1.62. The Hall–Kier alpha value is -0.870. The first-order chi connectivity index (χ1) is 9.04. The smallest absolute Gasteiger partial charge is 0.137 e. The number of nitrogens with zero attached hydrogens (tertiary/aromatic N) is 2. The van der Waals surface area contributed by atoms with Gasteiger partial charge in [-0.1, -0.05) is 18.5 Å². The van der Waals surface area contributed by atoms with Gasteiger partial charge in [-0.15, -0.1) is 0 Å². The van der Waals surface area contributed by atoms with Crippen LogP contribution in [0.2, 0.25) is 5.15 Å². The topological polar surface area (TPSA) is 47.0 Å². The average molecular weight is 286 g/mol. The molecule has 0 aromatic carbocycles. The molecule has 4 nitrogen and oxygen atoms in total. The maximum atomic E-state index is 6.08. The predicted molar refractivity (Wildman–Crippen MR) is 80.0 cm³/mol. The van der Waals surface area contributed by atoms with Crippen LogP contribution in [-0.2, 0) is 11.2 Å². The third kappa shape index (κ3) is 5.74. The minimum absolute atomic E-state index is 0.308. The first kappa shape index (κ1) is 16.2. The van der Waals surface area contributed by atoms with Gasteiger partial charge in [-0.25, -0.2) is 9.97 Å². The summed E-state index contributed by atoms with van der Waals surface area (Å²) in [5.74, 6) is 1.63. The van der Waals surface area contributed by atoms with E-state index in [-0.39, 0.29) is 0 Å². The number of aryl methyl sites for hydroxylation is 1. The van der Waals surface area contributed by atoms with Gasteiger partial charge in [-0.3, -0.25) is 0 Å².